The zero-order valence-corrected chi connectivity index (χ0v) is 11.7. The molecule has 0 bridgehead atoms. The van der Waals surface area contributed by atoms with Crippen LogP contribution in [0.3, 0.4) is 0 Å². The van der Waals surface area contributed by atoms with Crippen LogP contribution in [0.1, 0.15) is 47.6 Å². The van der Waals surface area contributed by atoms with Crippen molar-refractivity contribution in [1.82, 2.24) is 9.78 Å². The second kappa shape index (κ2) is 5.49. The maximum absolute atomic E-state index is 12.3. The number of anilines is 1. The Balaban J connectivity index is 1.80. The molecule has 3 rings (SSSR count). The quantitative estimate of drug-likeness (QED) is 0.926. The first kappa shape index (κ1) is 12.9. The molecule has 1 fully saturated rings. The summed E-state index contributed by atoms with van der Waals surface area (Å²) in [6.07, 6.45) is 6.54. The number of aryl methyl sites for hydroxylation is 1. The highest BCUT2D eigenvalue weighted by Crippen LogP contribution is 2.31. The average Bonchev–Trinajstić information content (AvgIpc) is 3.09. The Bertz CT molecular complexity index is 612. The Morgan fingerprint density at radius 2 is 2.00 bits per heavy atom. The summed E-state index contributed by atoms with van der Waals surface area (Å²) in [5.41, 5.74) is 1.70. The standard InChI is InChI=1S/C16H19N3O/c1-12-6-2-5-9-14(12)16(20)18-15-10-11-17-19(15)13-7-3-4-8-13/h2,5-6,9-11,13H,3-4,7-8H2,1H3,(H,18,20). The first-order chi connectivity index (χ1) is 9.75. The molecule has 4 heteroatoms. The molecule has 2 aromatic rings. The van der Waals surface area contributed by atoms with Crippen molar-refractivity contribution in [3.8, 4) is 0 Å². The van der Waals surface area contributed by atoms with Crippen LogP contribution in [0.15, 0.2) is 36.5 Å². The van der Waals surface area contributed by atoms with Crippen LogP contribution in [-0.4, -0.2) is 15.7 Å². The molecule has 20 heavy (non-hydrogen) atoms. The molecule has 1 N–H and O–H groups in total. The summed E-state index contributed by atoms with van der Waals surface area (Å²) in [5.74, 6) is 0.730. The maximum Gasteiger partial charge on any atom is 0.257 e. The van der Waals surface area contributed by atoms with E-state index in [4.69, 9.17) is 0 Å². The molecule has 1 amide bonds. The summed E-state index contributed by atoms with van der Waals surface area (Å²) in [6, 6.07) is 9.92. The van der Waals surface area contributed by atoms with Gasteiger partial charge < -0.3 is 5.32 Å². The molecule has 0 atom stereocenters. The van der Waals surface area contributed by atoms with Gasteiger partial charge in [-0.05, 0) is 31.4 Å². The third-order valence-corrected chi connectivity index (χ3v) is 3.97. The Morgan fingerprint density at radius 3 is 2.75 bits per heavy atom. The summed E-state index contributed by atoms with van der Waals surface area (Å²) < 4.78 is 1.96. The fourth-order valence-electron chi connectivity index (χ4n) is 2.86. The molecule has 1 heterocycles. The van der Waals surface area contributed by atoms with Crippen LogP contribution in [-0.2, 0) is 0 Å². The number of nitrogens with zero attached hydrogens (tertiary/aromatic N) is 2. The number of rotatable bonds is 3. The molecule has 0 spiro atoms. The normalized spacial score (nSPS) is 15.4. The van der Waals surface area contributed by atoms with Crippen molar-refractivity contribution < 1.29 is 4.79 Å². The minimum Gasteiger partial charge on any atom is -0.307 e. The predicted octanol–water partition coefficient (Wildman–Crippen LogP) is 3.56. The van der Waals surface area contributed by atoms with E-state index in [-0.39, 0.29) is 5.91 Å². The van der Waals surface area contributed by atoms with Gasteiger partial charge in [0.15, 0.2) is 0 Å². The van der Waals surface area contributed by atoms with Gasteiger partial charge in [0.25, 0.3) is 5.91 Å². The number of hydrogen-bond acceptors (Lipinski definition) is 2. The van der Waals surface area contributed by atoms with E-state index in [1.54, 1.807) is 6.20 Å². The van der Waals surface area contributed by atoms with E-state index in [9.17, 15) is 4.79 Å². The zero-order valence-electron chi connectivity index (χ0n) is 11.7. The van der Waals surface area contributed by atoms with Gasteiger partial charge in [-0.2, -0.15) is 5.10 Å². The van der Waals surface area contributed by atoms with Crippen LogP contribution in [0.4, 0.5) is 5.82 Å². The van der Waals surface area contributed by atoms with E-state index < -0.39 is 0 Å². The number of carbonyl (C=O) groups is 1. The topological polar surface area (TPSA) is 46.9 Å². The van der Waals surface area contributed by atoms with E-state index in [0.717, 1.165) is 24.2 Å². The van der Waals surface area contributed by atoms with E-state index in [0.29, 0.717) is 11.6 Å². The highest BCUT2D eigenvalue weighted by Gasteiger charge is 2.20. The molecular formula is C16H19N3O. The average molecular weight is 269 g/mol. The van der Waals surface area contributed by atoms with Crippen LogP contribution in [0, 0.1) is 6.92 Å². The van der Waals surface area contributed by atoms with Crippen LogP contribution in [0.25, 0.3) is 0 Å². The third kappa shape index (κ3) is 2.46. The number of benzene rings is 1. The lowest BCUT2D eigenvalue weighted by Gasteiger charge is -2.15. The van der Waals surface area contributed by atoms with Crippen molar-refractivity contribution in [1.29, 1.82) is 0 Å². The largest absolute Gasteiger partial charge is 0.307 e. The van der Waals surface area contributed by atoms with Crippen LogP contribution in [0.2, 0.25) is 0 Å². The minimum absolute atomic E-state index is 0.0668. The van der Waals surface area contributed by atoms with Gasteiger partial charge >= 0.3 is 0 Å². The Morgan fingerprint density at radius 1 is 1.25 bits per heavy atom. The zero-order chi connectivity index (χ0) is 13.9. The van der Waals surface area contributed by atoms with Crippen LogP contribution < -0.4 is 5.32 Å². The Hall–Kier alpha value is -2.10. The van der Waals surface area contributed by atoms with Crippen LogP contribution >= 0.6 is 0 Å². The second-order valence-electron chi connectivity index (χ2n) is 5.37. The number of nitrogens with one attached hydrogen (secondary N) is 1. The maximum atomic E-state index is 12.3. The van der Waals surface area contributed by atoms with E-state index in [1.165, 1.54) is 12.8 Å². The van der Waals surface area contributed by atoms with Gasteiger partial charge in [-0.1, -0.05) is 31.0 Å². The lowest BCUT2D eigenvalue weighted by atomic mass is 10.1. The van der Waals surface area contributed by atoms with Gasteiger partial charge in [0, 0.05) is 11.6 Å². The first-order valence-electron chi connectivity index (χ1n) is 7.16. The van der Waals surface area contributed by atoms with Crippen molar-refractivity contribution in [3.63, 3.8) is 0 Å². The van der Waals surface area contributed by atoms with Gasteiger partial charge in [0.05, 0.1) is 12.2 Å². The number of hydrogen-bond donors (Lipinski definition) is 1. The van der Waals surface area contributed by atoms with Crippen molar-refractivity contribution in [2.75, 3.05) is 5.32 Å². The highest BCUT2D eigenvalue weighted by atomic mass is 16.1. The molecule has 1 aliphatic carbocycles. The lowest BCUT2D eigenvalue weighted by molar-refractivity contribution is 0.102. The van der Waals surface area contributed by atoms with Gasteiger partial charge in [-0.3, -0.25) is 4.79 Å². The molecule has 0 radical (unpaired) electrons. The van der Waals surface area contributed by atoms with E-state index in [1.807, 2.05) is 41.9 Å². The van der Waals surface area contributed by atoms with Gasteiger partial charge in [0.1, 0.15) is 5.82 Å². The molecule has 1 aromatic carbocycles. The van der Waals surface area contributed by atoms with E-state index >= 15 is 0 Å². The van der Waals surface area contributed by atoms with Crippen LogP contribution in [0.5, 0.6) is 0 Å². The molecule has 0 unspecified atom stereocenters. The molecule has 0 saturated heterocycles. The summed E-state index contributed by atoms with van der Waals surface area (Å²) in [7, 11) is 0. The van der Waals surface area contributed by atoms with Gasteiger partial charge in [-0.15, -0.1) is 0 Å². The SMILES string of the molecule is Cc1ccccc1C(=O)Nc1ccnn1C1CCCC1. The third-order valence-electron chi connectivity index (χ3n) is 3.97. The van der Waals surface area contributed by atoms with E-state index in [2.05, 4.69) is 10.4 Å². The van der Waals surface area contributed by atoms with Crippen molar-refractivity contribution in [2.45, 2.75) is 38.6 Å². The van der Waals surface area contributed by atoms with Gasteiger partial charge in [0.2, 0.25) is 0 Å². The number of amides is 1. The fraction of sp³-hybridized carbons (Fsp3) is 0.375. The molecule has 1 aliphatic rings. The van der Waals surface area contributed by atoms with Crippen molar-refractivity contribution in [3.05, 3.63) is 47.7 Å². The fourth-order valence-corrected chi connectivity index (χ4v) is 2.86. The highest BCUT2D eigenvalue weighted by molar-refractivity contribution is 6.04. The molecule has 1 aromatic heterocycles. The summed E-state index contributed by atoms with van der Waals surface area (Å²) in [5, 5.41) is 7.36. The number of carbonyl (C=O) groups excluding carboxylic acids is 1. The Kier molecular flexibility index (Phi) is 3.54. The second-order valence-corrected chi connectivity index (χ2v) is 5.37. The lowest BCUT2D eigenvalue weighted by Crippen LogP contribution is -2.18. The predicted molar refractivity (Wildman–Crippen MR) is 78.9 cm³/mol. The molecular weight excluding hydrogens is 250 g/mol. The molecule has 1 saturated carbocycles. The molecule has 4 nitrogen and oxygen atoms in total. The van der Waals surface area contributed by atoms with Gasteiger partial charge in [-0.25, -0.2) is 4.68 Å². The summed E-state index contributed by atoms with van der Waals surface area (Å²) in [6.45, 7) is 1.95. The Labute approximate surface area is 118 Å². The first-order valence-corrected chi connectivity index (χ1v) is 7.16. The minimum atomic E-state index is -0.0668. The summed E-state index contributed by atoms with van der Waals surface area (Å²) >= 11 is 0. The van der Waals surface area contributed by atoms with Crippen molar-refractivity contribution in [2.24, 2.45) is 0 Å². The monoisotopic (exact) mass is 269 g/mol. The summed E-state index contributed by atoms with van der Waals surface area (Å²) in [4.78, 5) is 12.3. The smallest absolute Gasteiger partial charge is 0.257 e. The number of aromatic nitrogens is 2. The van der Waals surface area contributed by atoms with Crippen molar-refractivity contribution >= 4 is 11.7 Å². The molecule has 0 aliphatic heterocycles. The molecule has 104 valence electrons.